The standard InChI is InChI=1S/C16H23FN2OS/c1-16(2,12-4-3-5-13(17)8-12)11-19-15(20)9-14-10-21-7-6-18-14/h3-5,8,14,18H,6-7,9-11H2,1-2H3,(H,19,20). The SMILES string of the molecule is CC(C)(CNC(=O)CC1CSCCN1)c1cccc(F)c1. The Morgan fingerprint density at radius 3 is 3.00 bits per heavy atom. The van der Waals surface area contributed by atoms with Crippen LogP contribution in [0.4, 0.5) is 4.39 Å². The molecule has 2 rings (SSSR count). The van der Waals surface area contributed by atoms with Gasteiger partial charge in [0.05, 0.1) is 0 Å². The molecule has 2 N–H and O–H groups in total. The molecule has 0 bridgehead atoms. The van der Waals surface area contributed by atoms with E-state index in [1.165, 1.54) is 12.1 Å². The smallest absolute Gasteiger partial charge is 0.221 e. The Bertz CT molecular complexity index is 487. The number of rotatable bonds is 5. The molecule has 0 radical (unpaired) electrons. The molecule has 1 atom stereocenters. The normalized spacial score (nSPS) is 19.3. The highest BCUT2D eigenvalue weighted by molar-refractivity contribution is 7.99. The lowest BCUT2D eigenvalue weighted by Gasteiger charge is -2.27. The fourth-order valence-electron chi connectivity index (χ4n) is 2.38. The second-order valence-corrected chi connectivity index (χ2v) is 7.25. The molecule has 1 fully saturated rings. The number of carbonyl (C=O) groups excluding carboxylic acids is 1. The number of hydrogen-bond donors (Lipinski definition) is 2. The average Bonchev–Trinajstić information content (AvgIpc) is 2.46. The topological polar surface area (TPSA) is 41.1 Å². The van der Waals surface area contributed by atoms with Crippen molar-refractivity contribution in [2.24, 2.45) is 0 Å². The summed E-state index contributed by atoms with van der Waals surface area (Å²) in [6.45, 7) is 5.50. The molecule has 116 valence electrons. The van der Waals surface area contributed by atoms with Crippen molar-refractivity contribution in [1.82, 2.24) is 10.6 Å². The van der Waals surface area contributed by atoms with Crippen LogP contribution in [0.15, 0.2) is 24.3 Å². The Labute approximate surface area is 130 Å². The number of nitrogens with one attached hydrogen (secondary N) is 2. The van der Waals surface area contributed by atoms with E-state index in [0.29, 0.717) is 13.0 Å². The van der Waals surface area contributed by atoms with E-state index in [4.69, 9.17) is 0 Å². The number of amides is 1. The molecule has 1 aromatic rings. The van der Waals surface area contributed by atoms with Crippen molar-refractivity contribution in [3.05, 3.63) is 35.6 Å². The molecule has 0 saturated carbocycles. The zero-order chi connectivity index (χ0) is 15.3. The maximum absolute atomic E-state index is 13.3. The first-order valence-electron chi connectivity index (χ1n) is 7.31. The fourth-order valence-corrected chi connectivity index (χ4v) is 3.33. The third kappa shape index (κ3) is 5.00. The van der Waals surface area contributed by atoms with E-state index in [2.05, 4.69) is 10.6 Å². The van der Waals surface area contributed by atoms with Crippen molar-refractivity contribution in [2.75, 3.05) is 24.6 Å². The molecule has 1 aliphatic rings. The van der Waals surface area contributed by atoms with E-state index in [1.807, 2.05) is 31.7 Å². The third-order valence-corrected chi connectivity index (χ3v) is 4.89. The summed E-state index contributed by atoms with van der Waals surface area (Å²) in [6.07, 6.45) is 0.506. The summed E-state index contributed by atoms with van der Waals surface area (Å²) < 4.78 is 13.3. The van der Waals surface area contributed by atoms with Crippen molar-refractivity contribution in [3.63, 3.8) is 0 Å². The van der Waals surface area contributed by atoms with Crippen molar-refractivity contribution in [3.8, 4) is 0 Å². The Morgan fingerprint density at radius 2 is 2.33 bits per heavy atom. The molecule has 0 aliphatic carbocycles. The Hall–Kier alpha value is -1.07. The molecular weight excluding hydrogens is 287 g/mol. The summed E-state index contributed by atoms with van der Waals surface area (Å²) in [5.74, 6) is 1.92. The first-order valence-corrected chi connectivity index (χ1v) is 8.47. The highest BCUT2D eigenvalue weighted by Crippen LogP contribution is 2.23. The number of benzene rings is 1. The molecule has 1 unspecified atom stereocenters. The van der Waals surface area contributed by atoms with Crippen molar-refractivity contribution >= 4 is 17.7 Å². The molecule has 1 saturated heterocycles. The molecule has 0 aromatic heterocycles. The second kappa shape index (κ2) is 7.27. The summed E-state index contributed by atoms with van der Waals surface area (Å²) in [4.78, 5) is 12.0. The number of thioether (sulfide) groups is 1. The van der Waals surface area contributed by atoms with E-state index in [-0.39, 0.29) is 23.2 Å². The van der Waals surface area contributed by atoms with Crippen LogP contribution in [0.2, 0.25) is 0 Å². The minimum absolute atomic E-state index is 0.0551. The highest BCUT2D eigenvalue weighted by Gasteiger charge is 2.23. The lowest BCUT2D eigenvalue weighted by atomic mass is 9.84. The summed E-state index contributed by atoms with van der Waals surface area (Å²) in [6, 6.07) is 6.84. The minimum atomic E-state index is -0.285. The van der Waals surface area contributed by atoms with E-state index in [0.717, 1.165) is 23.6 Å². The largest absolute Gasteiger partial charge is 0.355 e. The summed E-state index contributed by atoms with van der Waals surface area (Å²) >= 11 is 1.88. The zero-order valence-electron chi connectivity index (χ0n) is 12.6. The molecule has 21 heavy (non-hydrogen) atoms. The Balaban J connectivity index is 1.84. The minimum Gasteiger partial charge on any atom is -0.355 e. The first kappa shape index (κ1) is 16.3. The van der Waals surface area contributed by atoms with Crippen molar-refractivity contribution in [2.45, 2.75) is 31.7 Å². The van der Waals surface area contributed by atoms with Crippen LogP contribution >= 0.6 is 11.8 Å². The number of hydrogen-bond acceptors (Lipinski definition) is 3. The van der Waals surface area contributed by atoms with Crippen LogP contribution in [0.1, 0.15) is 25.8 Å². The quantitative estimate of drug-likeness (QED) is 0.877. The van der Waals surface area contributed by atoms with E-state index in [9.17, 15) is 9.18 Å². The van der Waals surface area contributed by atoms with Crippen LogP contribution in [0.3, 0.4) is 0 Å². The van der Waals surface area contributed by atoms with Crippen molar-refractivity contribution < 1.29 is 9.18 Å². The van der Waals surface area contributed by atoms with E-state index in [1.54, 1.807) is 6.07 Å². The summed E-state index contributed by atoms with van der Waals surface area (Å²) in [7, 11) is 0. The van der Waals surface area contributed by atoms with Crippen LogP contribution in [-0.4, -0.2) is 36.5 Å². The average molecular weight is 310 g/mol. The molecular formula is C16H23FN2OS. The third-order valence-electron chi connectivity index (χ3n) is 3.76. The van der Waals surface area contributed by atoms with Gasteiger partial charge in [-0.2, -0.15) is 11.8 Å². The highest BCUT2D eigenvalue weighted by atomic mass is 32.2. The molecule has 3 nitrogen and oxygen atoms in total. The van der Waals surface area contributed by atoms with Gasteiger partial charge in [-0.05, 0) is 17.7 Å². The van der Waals surface area contributed by atoms with Gasteiger partial charge in [0.25, 0.3) is 0 Å². The van der Waals surface area contributed by atoms with Gasteiger partial charge in [0.15, 0.2) is 0 Å². The van der Waals surface area contributed by atoms with Crippen LogP contribution in [0, 0.1) is 5.82 Å². The zero-order valence-corrected chi connectivity index (χ0v) is 13.4. The van der Waals surface area contributed by atoms with Gasteiger partial charge in [0.2, 0.25) is 5.91 Å². The fraction of sp³-hybridized carbons (Fsp3) is 0.562. The molecule has 1 heterocycles. The summed E-state index contributed by atoms with van der Waals surface area (Å²) in [5.41, 5.74) is 0.612. The molecule has 5 heteroatoms. The Morgan fingerprint density at radius 1 is 1.52 bits per heavy atom. The van der Waals surface area contributed by atoms with Crippen LogP contribution in [0.25, 0.3) is 0 Å². The van der Waals surface area contributed by atoms with Gasteiger partial charge in [0, 0.05) is 42.5 Å². The van der Waals surface area contributed by atoms with Crippen LogP contribution < -0.4 is 10.6 Å². The van der Waals surface area contributed by atoms with E-state index < -0.39 is 0 Å². The monoisotopic (exact) mass is 310 g/mol. The first-order chi connectivity index (χ1) is 9.97. The van der Waals surface area contributed by atoms with Crippen LogP contribution in [0.5, 0.6) is 0 Å². The van der Waals surface area contributed by atoms with Gasteiger partial charge in [-0.3, -0.25) is 4.79 Å². The second-order valence-electron chi connectivity index (χ2n) is 6.10. The van der Waals surface area contributed by atoms with Gasteiger partial charge in [-0.25, -0.2) is 4.39 Å². The Kier molecular flexibility index (Phi) is 5.65. The predicted octanol–water partition coefficient (Wildman–Crippen LogP) is 2.31. The predicted molar refractivity (Wildman–Crippen MR) is 86.2 cm³/mol. The molecule has 1 aliphatic heterocycles. The van der Waals surface area contributed by atoms with Gasteiger partial charge >= 0.3 is 0 Å². The van der Waals surface area contributed by atoms with Gasteiger partial charge in [-0.15, -0.1) is 0 Å². The lowest BCUT2D eigenvalue weighted by Crippen LogP contribution is -2.43. The maximum atomic E-state index is 13.3. The van der Waals surface area contributed by atoms with Crippen LogP contribution in [-0.2, 0) is 10.2 Å². The molecule has 0 spiro atoms. The number of carbonyl (C=O) groups is 1. The van der Waals surface area contributed by atoms with E-state index >= 15 is 0 Å². The van der Waals surface area contributed by atoms with Gasteiger partial charge in [-0.1, -0.05) is 26.0 Å². The number of halogens is 1. The lowest BCUT2D eigenvalue weighted by molar-refractivity contribution is -0.121. The molecule has 1 aromatic carbocycles. The van der Waals surface area contributed by atoms with Crippen molar-refractivity contribution in [1.29, 1.82) is 0 Å². The maximum Gasteiger partial charge on any atom is 0.221 e. The van der Waals surface area contributed by atoms with Gasteiger partial charge in [0.1, 0.15) is 5.82 Å². The summed E-state index contributed by atoms with van der Waals surface area (Å²) in [5, 5.41) is 6.33. The van der Waals surface area contributed by atoms with Gasteiger partial charge < -0.3 is 10.6 Å². The molecule has 1 amide bonds.